The van der Waals surface area contributed by atoms with Gasteiger partial charge in [-0.3, -0.25) is 14.8 Å². The highest BCUT2D eigenvalue weighted by Crippen LogP contribution is 2.27. The molecule has 1 N–H and O–H groups in total. The van der Waals surface area contributed by atoms with E-state index in [1.807, 2.05) is 13.8 Å². The van der Waals surface area contributed by atoms with Crippen molar-refractivity contribution in [1.29, 1.82) is 0 Å². The first-order valence-corrected chi connectivity index (χ1v) is 6.44. The van der Waals surface area contributed by atoms with Crippen molar-refractivity contribution >= 4 is 11.6 Å². The van der Waals surface area contributed by atoms with Gasteiger partial charge in [0.2, 0.25) is 5.95 Å². The summed E-state index contributed by atoms with van der Waals surface area (Å²) in [5.41, 5.74) is 0.770. The average Bonchev–Trinajstić information content (AvgIpc) is 2.92. The zero-order chi connectivity index (χ0) is 14.5. The Hall–Kier alpha value is -2.51. The highest BCUT2D eigenvalue weighted by molar-refractivity contribution is 5.67. The Morgan fingerprint density at radius 1 is 1.45 bits per heavy atom. The van der Waals surface area contributed by atoms with Crippen LogP contribution in [0.3, 0.4) is 0 Å². The zero-order valence-corrected chi connectivity index (χ0v) is 11.4. The van der Waals surface area contributed by atoms with E-state index < -0.39 is 4.92 Å². The third-order valence-corrected chi connectivity index (χ3v) is 2.76. The molecule has 2 aromatic heterocycles. The molecule has 0 fully saturated rings. The monoisotopic (exact) mass is 276 g/mol. The number of nitro groups is 1. The van der Waals surface area contributed by atoms with Gasteiger partial charge in [0, 0.05) is 19.3 Å². The lowest BCUT2D eigenvalue weighted by atomic mass is 10.2. The molecule has 0 spiro atoms. The molecule has 0 saturated carbocycles. The van der Waals surface area contributed by atoms with Gasteiger partial charge < -0.3 is 5.32 Å². The molecule has 2 heterocycles. The summed E-state index contributed by atoms with van der Waals surface area (Å²) in [6.45, 7) is 5.26. The standard InChI is InChI=1S/C12H16N6O2/c1-3-6-13-12-14-8-10(18(19)20)11(16-12)9-5-7-15-17(9)4-2/h5,7-8H,3-4,6H2,1-2H3,(H,13,14,16). The van der Waals surface area contributed by atoms with Gasteiger partial charge in [-0.2, -0.15) is 5.10 Å². The van der Waals surface area contributed by atoms with E-state index in [9.17, 15) is 10.1 Å². The van der Waals surface area contributed by atoms with Gasteiger partial charge in [-0.15, -0.1) is 0 Å². The summed E-state index contributed by atoms with van der Waals surface area (Å²) in [4.78, 5) is 18.9. The number of aryl methyl sites for hydroxylation is 1. The molecule has 0 amide bonds. The topological polar surface area (TPSA) is 98.8 Å². The van der Waals surface area contributed by atoms with E-state index in [0.717, 1.165) is 6.42 Å². The first-order chi connectivity index (χ1) is 9.67. The van der Waals surface area contributed by atoms with E-state index in [1.54, 1.807) is 16.9 Å². The molecule has 0 unspecified atom stereocenters. The summed E-state index contributed by atoms with van der Waals surface area (Å²) in [6, 6.07) is 1.71. The van der Waals surface area contributed by atoms with Gasteiger partial charge >= 0.3 is 5.69 Å². The number of nitrogens with one attached hydrogen (secondary N) is 1. The Bertz CT molecular complexity index is 610. The predicted octanol–water partition coefficient (Wildman–Crippen LogP) is 2.09. The molecule has 0 bridgehead atoms. The summed E-state index contributed by atoms with van der Waals surface area (Å²) in [5.74, 6) is 0.385. The molecular weight excluding hydrogens is 260 g/mol. The van der Waals surface area contributed by atoms with Crippen LogP contribution in [0.25, 0.3) is 11.4 Å². The van der Waals surface area contributed by atoms with Crippen molar-refractivity contribution in [3.63, 3.8) is 0 Å². The normalized spacial score (nSPS) is 10.5. The van der Waals surface area contributed by atoms with Crippen LogP contribution in [0.4, 0.5) is 11.6 Å². The molecule has 8 heteroatoms. The molecule has 0 aliphatic rings. The average molecular weight is 276 g/mol. The van der Waals surface area contributed by atoms with E-state index >= 15 is 0 Å². The number of hydrogen-bond acceptors (Lipinski definition) is 6. The largest absolute Gasteiger partial charge is 0.354 e. The summed E-state index contributed by atoms with van der Waals surface area (Å²) >= 11 is 0. The summed E-state index contributed by atoms with van der Waals surface area (Å²) in [5, 5.41) is 18.3. The van der Waals surface area contributed by atoms with Crippen molar-refractivity contribution in [2.75, 3.05) is 11.9 Å². The second kappa shape index (κ2) is 6.09. The third kappa shape index (κ3) is 2.73. The molecule has 2 rings (SSSR count). The lowest BCUT2D eigenvalue weighted by Gasteiger charge is -2.07. The number of rotatable bonds is 6. The molecule has 0 atom stereocenters. The van der Waals surface area contributed by atoms with Crippen LogP contribution < -0.4 is 5.32 Å². The fraction of sp³-hybridized carbons (Fsp3) is 0.417. The Balaban J connectivity index is 2.49. The van der Waals surface area contributed by atoms with Crippen LogP contribution in [0.1, 0.15) is 20.3 Å². The number of aromatic nitrogens is 4. The van der Waals surface area contributed by atoms with Crippen molar-refractivity contribution in [2.24, 2.45) is 0 Å². The smallest absolute Gasteiger partial charge is 0.315 e. The van der Waals surface area contributed by atoms with Gasteiger partial charge in [-0.25, -0.2) is 9.97 Å². The van der Waals surface area contributed by atoms with Crippen molar-refractivity contribution < 1.29 is 4.92 Å². The van der Waals surface area contributed by atoms with Crippen LogP contribution >= 0.6 is 0 Å². The van der Waals surface area contributed by atoms with E-state index in [0.29, 0.717) is 24.7 Å². The maximum Gasteiger partial charge on any atom is 0.315 e. The molecular formula is C12H16N6O2. The first-order valence-electron chi connectivity index (χ1n) is 6.44. The van der Waals surface area contributed by atoms with Crippen LogP contribution in [0, 0.1) is 10.1 Å². The third-order valence-electron chi connectivity index (χ3n) is 2.76. The van der Waals surface area contributed by atoms with Crippen molar-refractivity contribution in [3.05, 3.63) is 28.6 Å². The van der Waals surface area contributed by atoms with Gasteiger partial charge in [0.15, 0.2) is 5.69 Å². The molecule has 8 nitrogen and oxygen atoms in total. The SMILES string of the molecule is CCCNc1ncc([N+](=O)[O-])c(-c2ccnn2CC)n1. The molecule has 2 aromatic rings. The van der Waals surface area contributed by atoms with Crippen LogP contribution in [0.15, 0.2) is 18.5 Å². The number of anilines is 1. The van der Waals surface area contributed by atoms with Crippen LogP contribution in [-0.4, -0.2) is 31.2 Å². The van der Waals surface area contributed by atoms with Crippen molar-refractivity contribution in [3.8, 4) is 11.4 Å². The first kappa shape index (κ1) is 13.9. The summed E-state index contributed by atoms with van der Waals surface area (Å²) in [7, 11) is 0. The van der Waals surface area contributed by atoms with Crippen LogP contribution in [0.2, 0.25) is 0 Å². The van der Waals surface area contributed by atoms with E-state index in [4.69, 9.17) is 0 Å². The van der Waals surface area contributed by atoms with Crippen molar-refractivity contribution in [2.45, 2.75) is 26.8 Å². The van der Waals surface area contributed by atoms with E-state index in [2.05, 4.69) is 20.4 Å². The highest BCUT2D eigenvalue weighted by Gasteiger charge is 2.21. The maximum atomic E-state index is 11.1. The maximum absolute atomic E-state index is 11.1. The van der Waals surface area contributed by atoms with Gasteiger partial charge in [0.05, 0.1) is 10.6 Å². The summed E-state index contributed by atoms with van der Waals surface area (Å²) in [6.07, 6.45) is 3.75. The molecule has 0 aliphatic carbocycles. The Labute approximate surface area is 116 Å². The Morgan fingerprint density at radius 2 is 2.25 bits per heavy atom. The number of nitrogens with zero attached hydrogens (tertiary/aromatic N) is 5. The van der Waals surface area contributed by atoms with Gasteiger partial charge in [0.1, 0.15) is 6.20 Å². The molecule has 106 valence electrons. The van der Waals surface area contributed by atoms with Crippen molar-refractivity contribution in [1.82, 2.24) is 19.7 Å². The summed E-state index contributed by atoms with van der Waals surface area (Å²) < 4.78 is 1.67. The Kier molecular flexibility index (Phi) is 4.24. The van der Waals surface area contributed by atoms with Gasteiger partial charge in [-0.05, 0) is 19.4 Å². The fourth-order valence-electron chi connectivity index (χ4n) is 1.81. The minimum absolute atomic E-state index is 0.123. The Morgan fingerprint density at radius 3 is 2.90 bits per heavy atom. The minimum atomic E-state index is -0.480. The van der Waals surface area contributed by atoms with E-state index in [-0.39, 0.29) is 11.4 Å². The van der Waals surface area contributed by atoms with E-state index in [1.165, 1.54) is 6.20 Å². The van der Waals surface area contributed by atoms with Crippen LogP contribution in [-0.2, 0) is 6.54 Å². The molecule has 0 radical (unpaired) electrons. The fourth-order valence-corrected chi connectivity index (χ4v) is 1.81. The van der Waals surface area contributed by atoms with Gasteiger partial charge in [-0.1, -0.05) is 6.92 Å². The van der Waals surface area contributed by atoms with Gasteiger partial charge in [0.25, 0.3) is 0 Å². The quantitative estimate of drug-likeness (QED) is 0.640. The minimum Gasteiger partial charge on any atom is -0.354 e. The molecule has 0 aliphatic heterocycles. The highest BCUT2D eigenvalue weighted by atomic mass is 16.6. The zero-order valence-electron chi connectivity index (χ0n) is 11.4. The predicted molar refractivity (Wildman–Crippen MR) is 74.4 cm³/mol. The molecule has 20 heavy (non-hydrogen) atoms. The number of hydrogen-bond donors (Lipinski definition) is 1. The molecule has 0 saturated heterocycles. The lowest BCUT2D eigenvalue weighted by molar-refractivity contribution is -0.384. The molecule has 0 aromatic carbocycles. The lowest BCUT2D eigenvalue weighted by Crippen LogP contribution is -2.08. The van der Waals surface area contributed by atoms with Crippen LogP contribution in [0.5, 0.6) is 0 Å². The second-order valence-corrected chi connectivity index (χ2v) is 4.14. The second-order valence-electron chi connectivity index (χ2n) is 4.14.